The Morgan fingerprint density at radius 1 is 1.08 bits per heavy atom. The minimum atomic E-state index is -0.442. The minimum absolute atomic E-state index is 0.0690. The highest BCUT2D eigenvalue weighted by molar-refractivity contribution is 5.99. The summed E-state index contributed by atoms with van der Waals surface area (Å²) < 4.78 is 12.4. The summed E-state index contributed by atoms with van der Waals surface area (Å²) in [5.41, 5.74) is 4.31. The number of carbonyl (C=O) groups excluding carboxylic acids is 2. The summed E-state index contributed by atoms with van der Waals surface area (Å²) in [6.07, 6.45) is 7.63. The zero-order chi connectivity index (χ0) is 27.6. The van der Waals surface area contributed by atoms with Crippen LogP contribution < -0.4 is 16.0 Å². The normalized spacial score (nSPS) is 15.2. The van der Waals surface area contributed by atoms with E-state index in [0.717, 1.165) is 22.4 Å². The fourth-order valence-corrected chi connectivity index (χ4v) is 4.20. The van der Waals surface area contributed by atoms with Gasteiger partial charge in [-0.25, -0.2) is 9.48 Å². The van der Waals surface area contributed by atoms with Gasteiger partial charge >= 0.3 is 6.03 Å². The van der Waals surface area contributed by atoms with E-state index in [2.05, 4.69) is 31.2 Å². The fourth-order valence-electron chi connectivity index (χ4n) is 4.20. The number of hydrogen-bond donors (Lipinski definition) is 3. The van der Waals surface area contributed by atoms with Crippen LogP contribution >= 0.6 is 0 Å². The first-order chi connectivity index (χ1) is 18.7. The zero-order valence-corrected chi connectivity index (χ0v) is 22.3. The van der Waals surface area contributed by atoms with Gasteiger partial charge in [0.1, 0.15) is 5.76 Å². The average Bonchev–Trinajstić information content (AvgIpc) is 3.67. The van der Waals surface area contributed by atoms with E-state index in [1.807, 2.05) is 52.1 Å². The van der Waals surface area contributed by atoms with Gasteiger partial charge in [0.15, 0.2) is 5.82 Å². The van der Waals surface area contributed by atoms with E-state index in [1.54, 1.807) is 35.4 Å². The first kappa shape index (κ1) is 26.1. The highest BCUT2D eigenvalue weighted by atomic mass is 16.5. The van der Waals surface area contributed by atoms with Crippen molar-refractivity contribution in [2.24, 2.45) is 5.92 Å². The summed E-state index contributed by atoms with van der Waals surface area (Å²) in [6.45, 7) is 9.00. The monoisotopic (exact) mass is 529 g/mol. The number of ether oxygens (including phenoxy) is 1. The second kappa shape index (κ2) is 10.7. The third kappa shape index (κ3) is 5.99. The van der Waals surface area contributed by atoms with Gasteiger partial charge in [0.2, 0.25) is 5.91 Å². The molecule has 0 spiro atoms. The maximum atomic E-state index is 12.7. The Bertz CT molecular complexity index is 1500. The van der Waals surface area contributed by atoms with Gasteiger partial charge < -0.3 is 19.9 Å². The largest absolute Gasteiger partial charge is 0.381 e. The lowest BCUT2D eigenvalue weighted by molar-refractivity contribution is -0.119. The lowest BCUT2D eigenvalue weighted by atomic mass is 9.93. The number of nitrogens with one attached hydrogen (secondary N) is 3. The minimum Gasteiger partial charge on any atom is -0.381 e. The molecule has 39 heavy (non-hydrogen) atoms. The van der Waals surface area contributed by atoms with Crippen LogP contribution in [0.15, 0.2) is 59.6 Å². The molecule has 4 heterocycles. The Kier molecular flexibility index (Phi) is 7.16. The highest BCUT2D eigenvalue weighted by Crippen LogP contribution is 2.30. The third-order valence-electron chi connectivity index (χ3n) is 6.48. The van der Waals surface area contributed by atoms with Crippen molar-refractivity contribution in [2.45, 2.75) is 39.5 Å². The lowest BCUT2D eigenvalue weighted by Crippen LogP contribution is -2.23. The number of pyridine rings is 1. The molecule has 1 aliphatic heterocycles. The number of anilines is 3. The van der Waals surface area contributed by atoms with Crippen molar-refractivity contribution in [1.29, 1.82) is 0 Å². The van der Waals surface area contributed by atoms with Crippen molar-refractivity contribution in [3.05, 3.63) is 66.4 Å². The Hall–Kier alpha value is -4.51. The van der Waals surface area contributed by atoms with Crippen LogP contribution in [0.2, 0.25) is 0 Å². The van der Waals surface area contributed by atoms with Gasteiger partial charge in [0, 0.05) is 53.5 Å². The summed E-state index contributed by atoms with van der Waals surface area (Å²) in [7, 11) is 0. The SMILES string of the molecule is Cc1ccc(NC(=O)Nc2cc(C(C)(C)C)on2)cc1-n1cc(-c2cnccc2NC(=O)C2CCOC2)cn1. The van der Waals surface area contributed by atoms with Crippen LogP contribution in [-0.2, 0) is 14.9 Å². The molecule has 3 aromatic heterocycles. The maximum Gasteiger partial charge on any atom is 0.324 e. The molecule has 1 aromatic carbocycles. The van der Waals surface area contributed by atoms with E-state index in [-0.39, 0.29) is 17.2 Å². The predicted molar refractivity (Wildman–Crippen MR) is 147 cm³/mol. The lowest BCUT2D eigenvalue weighted by Gasteiger charge is -2.12. The molecule has 0 radical (unpaired) electrons. The standard InChI is InChI=1S/C28H31N7O4/c1-17-5-6-20(31-27(37)33-25-12-24(39-34-25)28(2,3)4)11-23(17)35-15-19(13-30-35)21-14-29-9-7-22(21)32-26(36)18-8-10-38-16-18/h5-7,9,11-15,18H,8,10,16H2,1-4H3,(H,29,32,36)(H2,31,33,34,37). The second-order valence-corrected chi connectivity index (χ2v) is 10.6. The Balaban J connectivity index is 1.32. The topological polar surface area (TPSA) is 136 Å². The number of carbonyl (C=O) groups is 2. The van der Waals surface area contributed by atoms with Gasteiger partial charge in [0.05, 0.1) is 30.1 Å². The van der Waals surface area contributed by atoms with E-state index >= 15 is 0 Å². The van der Waals surface area contributed by atoms with Gasteiger partial charge in [-0.05, 0) is 37.1 Å². The van der Waals surface area contributed by atoms with Crippen molar-refractivity contribution >= 4 is 29.1 Å². The summed E-state index contributed by atoms with van der Waals surface area (Å²) in [6, 6.07) is 8.59. The number of aromatic nitrogens is 4. The Morgan fingerprint density at radius 2 is 1.92 bits per heavy atom. The van der Waals surface area contributed by atoms with Gasteiger partial charge in [-0.3, -0.25) is 15.1 Å². The Morgan fingerprint density at radius 3 is 2.67 bits per heavy atom. The third-order valence-corrected chi connectivity index (χ3v) is 6.48. The quantitative estimate of drug-likeness (QED) is 0.314. The molecule has 4 aromatic rings. The molecule has 11 heteroatoms. The molecular weight excluding hydrogens is 498 g/mol. The van der Waals surface area contributed by atoms with Crippen molar-refractivity contribution in [1.82, 2.24) is 19.9 Å². The Labute approximate surface area is 225 Å². The van der Waals surface area contributed by atoms with Crippen molar-refractivity contribution in [3.8, 4) is 16.8 Å². The molecule has 1 fully saturated rings. The molecule has 0 saturated carbocycles. The number of aryl methyl sites for hydroxylation is 1. The second-order valence-electron chi connectivity index (χ2n) is 10.6. The number of amides is 3. The molecular formula is C28H31N7O4. The van der Waals surface area contributed by atoms with Gasteiger partial charge in [-0.15, -0.1) is 0 Å². The first-order valence-corrected chi connectivity index (χ1v) is 12.7. The number of urea groups is 1. The summed E-state index contributed by atoms with van der Waals surface area (Å²) in [5.74, 6) is 0.782. The summed E-state index contributed by atoms with van der Waals surface area (Å²) >= 11 is 0. The van der Waals surface area contributed by atoms with Crippen molar-refractivity contribution < 1.29 is 18.8 Å². The van der Waals surface area contributed by atoms with Crippen LogP contribution in [-0.4, -0.2) is 45.1 Å². The molecule has 1 atom stereocenters. The molecule has 11 nitrogen and oxygen atoms in total. The number of rotatable bonds is 6. The van der Waals surface area contributed by atoms with Gasteiger partial charge in [-0.2, -0.15) is 5.10 Å². The van der Waals surface area contributed by atoms with E-state index in [9.17, 15) is 9.59 Å². The number of hydrogen-bond acceptors (Lipinski definition) is 7. The zero-order valence-electron chi connectivity index (χ0n) is 22.3. The van der Waals surface area contributed by atoms with E-state index in [4.69, 9.17) is 9.26 Å². The summed E-state index contributed by atoms with van der Waals surface area (Å²) in [4.78, 5) is 29.5. The van der Waals surface area contributed by atoms with E-state index in [1.165, 1.54) is 0 Å². The summed E-state index contributed by atoms with van der Waals surface area (Å²) in [5, 5.41) is 17.0. The van der Waals surface area contributed by atoms with E-state index in [0.29, 0.717) is 42.6 Å². The van der Waals surface area contributed by atoms with Gasteiger partial charge in [-0.1, -0.05) is 32.0 Å². The molecule has 3 amide bonds. The molecule has 1 unspecified atom stereocenters. The van der Waals surface area contributed by atoms with Crippen LogP contribution in [0.5, 0.6) is 0 Å². The number of benzene rings is 1. The molecule has 0 bridgehead atoms. The molecule has 202 valence electrons. The first-order valence-electron chi connectivity index (χ1n) is 12.7. The van der Waals surface area contributed by atoms with Crippen LogP contribution in [0.3, 0.4) is 0 Å². The maximum absolute atomic E-state index is 12.7. The van der Waals surface area contributed by atoms with Crippen molar-refractivity contribution in [3.63, 3.8) is 0 Å². The highest BCUT2D eigenvalue weighted by Gasteiger charge is 2.24. The average molecular weight is 530 g/mol. The molecule has 0 aliphatic carbocycles. The van der Waals surface area contributed by atoms with Crippen LogP contribution in [0, 0.1) is 12.8 Å². The predicted octanol–water partition coefficient (Wildman–Crippen LogP) is 5.15. The molecule has 3 N–H and O–H groups in total. The fraction of sp³-hybridized carbons (Fsp3) is 0.321. The van der Waals surface area contributed by atoms with Crippen LogP contribution in [0.1, 0.15) is 38.5 Å². The smallest absolute Gasteiger partial charge is 0.324 e. The van der Waals surface area contributed by atoms with Crippen molar-refractivity contribution in [2.75, 3.05) is 29.2 Å². The molecule has 5 rings (SSSR count). The number of nitrogens with zero attached hydrogens (tertiary/aromatic N) is 4. The molecule has 1 aliphatic rings. The van der Waals surface area contributed by atoms with Gasteiger partial charge in [0.25, 0.3) is 0 Å². The van der Waals surface area contributed by atoms with Crippen LogP contribution in [0.25, 0.3) is 16.8 Å². The van der Waals surface area contributed by atoms with Crippen LogP contribution in [0.4, 0.5) is 22.0 Å². The molecule has 1 saturated heterocycles. The van der Waals surface area contributed by atoms with E-state index < -0.39 is 6.03 Å².